The molecule has 0 fully saturated rings. The van der Waals surface area contributed by atoms with Crippen LogP contribution in [0, 0.1) is 0 Å². The molecule has 5 rings (SSSR count). The zero-order valence-corrected chi connectivity index (χ0v) is 20.6. The standard InChI is InChI=1S/C27H24N4OS2/c1-3-11-22-25(26(32)31(30-22)27-29-21-15-8-10-17-24(21)34-27)18(2)28-20-14-7-9-16-23(20)33-19-12-5-4-6-13-19/h4-10,12-17,30H,3,11H2,1-2H3. The first kappa shape index (κ1) is 22.4. The summed E-state index contributed by atoms with van der Waals surface area (Å²) in [6.07, 6.45) is 1.68. The average Bonchev–Trinajstić information content (AvgIpc) is 3.42. The van der Waals surface area contributed by atoms with Crippen LogP contribution in [0.1, 0.15) is 31.5 Å². The molecule has 3 aromatic carbocycles. The van der Waals surface area contributed by atoms with E-state index in [4.69, 9.17) is 4.99 Å². The average molecular weight is 485 g/mol. The van der Waals surface area contributed by atoms with Crippen LogP contribution in [0.2, 0.25) is 0 Å². The normalized spacial score (nSPS) is 11.9. The first-order chi connectivity index (χ1) is 16.6. The van der Waals surface area contributed by atoms with E-state index < -0.39 is 0 Å². The fourth-order valence-electron chi connectivity index (χ4n) is 3.86. The third-order valence-corrected chi connectivity index (χ3v) is 7.52. The summed E-state index contributed by atoms with van der Waals surface area (Å²) < 4.78 is 2.61. The molecule has 0 saturated carbocycles. The van der Waals surface area contributed by atoms with Gasteiger partial charge in [0.05, 0.1) is 27.2 Å². The van der Waals surface area contributed by atoms with Crippen molar-refractivity contribution in [3.63, 3.8) is 0 Å². The minimum Gasteiger partial charge on any atom is -0.292 e. The van der Waals surface area contributed by atoms with Gasteiger partial charge in [0.25, 0.3) is 5.56 Å². The van der Waals surface area contributed by atoms with Crippen molar-refractivity contribution in [2.24, 2.45) is 4.99 Å². The van der Waals surface area contributed by atoms with E-state index >= 15 is 0 Å². The van der Waals surface area contributed by atoms with Crippen LogP contribution in [0.25, 0.3) is 15.3 Å². The fourth-order valence-corrected chi connectivity index (χ4v) is 5.70. The van der Waals surface area contributed by atoms with Crippen LogP contribution < -0.4 is 5.56 Å². The highest BCUT2D eigenvalue weighted by atomic mass is 32.2. The molecule has 7 heteroatoms. The predicted molar refractivity (Wildman–Crippen MR) is 142 cm³/mol. The lowest BCUT2D eigenvalue weighted by Gasteiger charge is -2.07. The van der Waals surface area contributed by atoms with E-state index in [-0.39, 0.29) is 5.56 Å². The molecule has 0 bridgehead atoms. The maximum absolute atomic E-state index is 13.6. The second kappa shape index (κ2) is 9.83. The van der Waals surface area contributed by atoms with Crippen LogP contribution in [0.4, 0.5) is 5.69 Å². The van der Waals surface area contributed by atoms with Crippen LogP contribution in [0.15, 0.2) is 98.4 Å². The van der Waals surface area contributed by atoms with Crippen LogP contribution >= 0.6 is 23.1 Å². The van der Waals surface area contributed by atoms with E-state index in [1.165, 1.54) is 11.3 Å². The van der Waals surface area contributed by atoms with E-state index in [0.29, 0.717) is 16.4 Å². The SMILES string of the molecule is CCCc1[nH]n(-c2nc3ccccc3s2)c(=O)c1C(C)=Nc1ccccc1Sc1ccccc1. The predicted octanol–water partition coefficient (Wildman–Crippen LogP) is 7.02. The number of hydrogen-bond donors (Lipinski definition) is 1. The Morgan fingerprint density at radius 3 is 2.56 bits per heavy atom. The highest BCUT2D eigenvalue weighted by Gasteiger charge is 2.19. The highest BCUT2D eigenvalue weighted by molar-refractivity contribution is 7.99. The van der Waals surface area contributed by atoms with Crippen LogP contribution in [-0.2, 0) is 6.42 Å². The van der Waals surface area contributed by atoms with E-state index in [1.54, 1.807) is 16.4 Å². The number of benzene rings is 3. The van der Waals surface area contributed by atoms with Gasteiger partial charge in [-0.1, -0.05) is 78.9 Å². The minimum atomic E-state index is -0.114. The summed E-state index contributed by atoms with van der Waals surface area (Å²) >= 11 is 3.17. The Hall–Kier alpha value is -3.42. The van der Waals surface area contributed by atoms with Crippen molar-refractivity contribution < 1.29 is 0 Å². The molecule has 5 aromatic rings. The Morgan fingerprint density at radius 2 is 1.76 bits per heavy atom. The summed E-state index contributed by atoms with van der Waals surface area (Å²) in [5, 5.41) is 3.96. The number of nitrogens with one attached hydrogen (secondary N) is 1. The van der Waals surface area contributed by atoms with E-state index in [2.05, 4.69) is 35.2 Å². The maximum Gasteiger partial charge on any atom is 0.282 e. The number of rotatable bonds is 7. The summed E-state index contributed by atoms with van der Waals surface area (Å²) in [6.45, 7) is 4.02. The smallest absolute Gasteiger partial charge is 0.282 e. The first-order valence-electron chi connectivity index (χ1n) is 11.2. The lowest BCUT2D eigenvalue weighted by atomic mass is 10.1. The van der Waals surface area contributed by atoms with Crippen molar-refractivity contribution in [1.29, 1.82) is 0 Å². The zero-order valence-electron chi connectivity index (χ0n) is 19.0. The molecule has 0 aliphatic heterocycles. The second-order valence-corrected chi connectivity index (χ2v) is 10.0. The van der Waals surface area contributed by atoms with Gasteiger partial charge in [-0.25, -0.2) is 4.98 Å². The van der Waals surface area contributed by atoms with Gasteiger partial charge in [-0.2, -0.15) is 4.68 Å². The number of H-pyrrole nitrogens is 1. The molecule has 5 nitrogen and oxygen atoms in total. The number of aliphatic imine (C=N–C) groups is 1. The summed E-state index contributed by atoms with van der Waals surface area (Å²) in [6, 6.07) is 26.2. The molecule has 0 atom stereocenters. The van der Waals surface area contributed by atoms with Gasteiger partial charge in [0.2, 0.25) is 5.13 Å². The fraction of sp³-hybridized carbons (Fsp3) is 0.148. The van der Waals surface area contributed by atoms with Gasteiger partial charge < -0.3 is 0 Å². The number of para-hydroxylation sites is 2. The molecule has 0 spiro atoms. The van der Waals surface area contributed by atoms with Crippen LogP contribution in [0.5, 0.6) is 0 Å². The Morgan fingerprint density at radius 1 is 1.03 bits per heavy atom. The van der Waals surface area contributed by atoms with Crippen LogP contribution in [0.3, 0.4) is 0 Å². The largest absolute Gasteiger partial charge is 0.292 e. The number of nitrogens with zero attached hydrogens (tertiary/aromatic N) is 3. The first-order valence-corrected chi connectivity index (χ1v) is 12.8. The van der Waals surface area contributed by atoms with Gasteiger partial charge >= 0.3 is 0 Å². The van der Waals surface area contributed by atoms with Gasteiger partial charge in [0.15, 0.2) is 0 Å². The van der Waals surface area contributed by atoms with E-state index in [0.717, 1.165) is 44.2 Å². The number of thiazole rings is 1. The molecular formula is C27H24N4OS2. The molecule has 1 N–H and O–H groups in total. The van der Waals surface area contributed by atoms with Gasteiger partial charge in [0, 0.05) is 15.5 Å². The van der Waals surface area contributed by atoms with Gasteiger partial charge in [0.1, 0.15) is 0 Å². The van der Waals surface area contributed by atoms with Gasteiger partial charge in [-0.05, 0) is 49.7 Å². The third kappa shape index (κ3) is 4.49. The zero-order chi connectivity index (χ0) is 23.5. The van der Waals surface area contributed by atoms with E-state index in [1.807, 2.05) is 67.6 Å². The molecule has 0 aliphatic rings. The molecule has 0 aliphatic carbocycles. The molecule has 0 radical (unpaired) electrons. The third-order valence-electron chi connectivity index (χ3n) is 5.43. The topological polar surface area (TPSA) is 63.0 Å². The summed E-state index contributed by atoms with van der Waals surface area (Å²) in [7, 11) is 0. The van der Waals surface area contributed by atoms with Crippen molar-refractivity contribution in [3.05, 3.63) is 100 Å². The van der Waals surface area contributed by atoms with Gasteiger partial charge in [-0.15, -0.1) is 0 Å². The molecule has 0 amide bonds. The highest BCUT2D eigenvalue weighted by Crippen LogP contribution is 2.35. The lowest BCUT2D eigenvalue weighted by molar-refractivity contribution is 0.790. The minimum absolute atomic E-state index is 0.114. The lowest BCUT2D eigenvalue weighted by Crippen LogP contribution is -2.19. The number of fused-ring (bicyclic) bond motifs is 1. The van der Waals surface area contributed by atoms with Crippen molar-refractivity contribution in [1.82, 2.24) is 14.8 Å². The molecule has 0 saturated heterocycles. The van der Waals surface area contributed by atoms with E-state index in [9.17, 15) is 4.79 Å². The summed E-state index contributed by atoms with van der Waals surface area (Å²) in [5.41, 5.74) is 3.84. The Balaban J connectivity index is 1.57. The van der Waals surface area contributed by atoms with Crippen molar-refractivity contribution >= 4 is 44.7 Å². The molecular weight excluding hydrogens is 460 g/mol. The molecule has 34 heavy (non-hydrogen) atoms. The molecule has 0 unspecified atom stereocenters. The summed E-state index contributed by atoms with van der Waals surface area (Å²) in [4.78, 5) is 25.4. The quantitative estimate of drug-likeness (QED) is 0.253. The number of aryl methyl sites for hydroxylation is 1. The maximum atomic E-state index is 13.6. The van der Waals surface area contributed by atoms with Crippen molar-refractivity contribution in [3.8, 4) is 5.13 Å². The number of aromatic amines is 1. The van der Waals surface area contributed by atoms with Gasteiger partial charge in [-0.3, -0.25) is 14.9 Å². The van der Waals surface area contributed by atoms with Crippen molar-refractivity contribution in [2.75, 3.05) is 0 Å². The molecule has 2 aromatic heterocycles. The molecule has 2 heterocycles. The second-order valence-electron chi connectivity index (χ2n) is 7.90. The molecule has 170 valence electrons. The monoisotopic (exact) mass is 484 g/mol. The Labute approximate surface area is 206 Å². The van der Waals surface area contributed by atoms with Crippen LogP contribution in [-0.4, -0.2) is 20.5 Å². The number of hydrogen-bond acceptors (Lipinski definition) is 5. The Bertz CT molecular complexity index is 1500. The summed E-state index contributed by atoms with van der Waals surface area (Å²) in [5.74, 6) is 0. The number of aromatic nitrogens is 3. The van der Waals surface area contributed by atoms with Crippen molar-refractivity contribution in [2.45, 2.75) is 36.5 Å². The Kier molecular flexibility index (Phi) is 6.47.